The van der Waals surface area contributed by atoms with Crippen LogP contribution in [0, 0.1) is 0 Å². The molecule has 3 N–H and O–H groups in total. The first kappa shape index (κ1) is 9.26. The third-order valence-electron chi connectivity index (χ3n) is 1.88. The maximum atomic E-state index is 11.2. The van der Waals surface area contributed by atoms with E-state index in [0.717, 1.165) is 12.8 Å². The molecule has 0 spiro atoms. The number of hydrogen-bond donors (Lipinski definition) is 2. The van der Waals surface area contributed by atoms with Gasteiger partial charge in [-0.05, 0) is 19.8 Å². The van der Waals surface area contributed by atoms with Crippen LogP contribution in [0.3, 0.4) is 0 Å². The van der Waals surface area contributed by atoms with Crippen LogP contribution < -0.4 is 11.1 Å². The van der Waals surface area contributed by atoms with Crippen LogP contribution in [0.2, 0.25) is 0 Å². The van der Waals surface area contributed by atoms with Crippen molar-refractivity contribution in [3.8, 4) is 0 Å². The molecule has 1 rings (SSSR count). The summed E-state index contributed by atoms with van der Waals surface area (Å²) >= 11 is 0. The molecule has 1 aliphatic carbocycles. The monoisotopic (exact) mass is 168 g/mol. The third-order valence-corrected chi connectivity index (χ3v) is 1.88. The fourth-order valence-corrected chi connectivity index (χ4v) is 1.31. The molecule has 12 heavy (non-hydrogen) atoms. The molecular formula is C9H16N2O. The molecular weight excluding hydrogens is 152 g/mol. The summed E-state index contributed by atoms with van der Waals surface area (Å²) in [4.78, 5) is 11.2. The van der Waals surface area contributed by atoms with Gasteiger partial charge in [0.05, 0.1) is 0 Å². The number of amides is 1. The predicted octanol–water partition coefficient (Wildman–Crippen LogP) is 0.558. The molecule has 0 saturated heterocycles. The molecule has 0 saturated carbocycles. The second-order valence-electron chi connectivity index (χ2n) is 3.39. The van der Waals surface area contributed by atoms with Crippen molar-refractivity contribution in [3.05, 3.63) is 12.2 Å². The lowest BCUT2D eigenvalue weighted by Crippen LogP contribution is -2.36. The molecule has 0 radical (unpaired) electrons. The standard InChI is InChI=1S/C9H16N2O/c1-7(10)6-9(12)11-8-4-2-3-5-8/h2-3,7-8H,4-6,10H2,1H3,(H,11,12). The molecule has 1 aliphatic rings. The molecule has 0 heterocycles. The fraction of sp³-hybridized carbons (Fsp3) is 0.667. The molecule has 0 aliphatic heterocycles. The minimum Gasteiger partial charge on any atom is -0.353 e. The predicted molar refractivity (Wildman–Crippen MR) is 48.6 cm³/mol. The molecule has 0 aromatic heterocycles. The van der Waals surface area contributed by atoms with Crippen LogP contribution in [-0.2, 0) is 4.79 Å². The van der Waals surface area contributed by atoms with Crippen LogP contribution in [0.15, 0.2) is 12.2 Å². The number of carbonyl (C=O) groups is 1. The highest BCUT2D eigenvalue weighted by atomic mass is 16.1. The Hall–Kier alpha value is -0.830. The largest absolute Gasteiger partial charge is 0.353 e. The number of hydrogen-bond acceptors (Lipinski definition) is 2. The van der Waals surface area contributed by atoms with Crippen molar-refractivity contribution >= 4 is 5.91 Å². The van der Waals surface area contributed by atoms with E-state index in [1.807, 2.05) is 6.92 Å². The van der Waals surface area contributed by atoms with E-state index in [1.54, 1.807) is 0 Å². The highest BCUT2D eigenvalue weighted by Gasteiger charge is 2.13. The van der Waals surface area contributed by atoms with Gasteiger partial charge < -0.3 is 11.1 Å². The Bertz CT molecular complexity index is 179. The third kappa shape index (κ3) is 3.05. The highest BCUT2D eigenvalue weighted by molar-refractivity contribution is 5.76. The summed E-state index contributed by atoms with van der Waals surface area (Å²) in [7, 11) is 0. The summed E-state index contributed by atoms with van der Waals surface area (Å²) < 4.78 is 0. The SMILES string of the molecule is CC(N)CC(=O)NC1CC=CC1. The van der Waals surface area contributed by atoms with E-state index >= 15 is 0 Å². The lowest BCUT2D eigenvalue weighted by Gasteiger charge is -2.12. The second kappa shape index (κ2) is 4.26. The van der Waals surface area contributed by atoms with E-state index in [9.17, 15) is 4.79 Å². The van der Waals surface area contributed by atoms with E-state index in [0.29, 0.717) is 12.5 Å². The van der Waals surface area contributed by atoms with Gasteiger partial charge >= 0.3 is 0 Å². The summed E-state index contributed by atoms with van der Waals surface area (Å²) in [6, 6.07) is 0.274. The number of nitrogens with two attached hydrogens (primary N) is 1. The van der Waals surface area contributed by atoms with Crippen molar-refractivity contribution in [1.82, 2.24) is 5.32 Å². The summed E-state index contributed by atoms with van der Waals surface area (Å²) in [5.74, 6) is 0.0682. The zero-order valence-corrected chi connectivity index (χ0v) is 7.42. The van der Waals surface area contributed by atoms with Crippen LogP contribution in [-0.4, -0.2) is 18.0 Å². The lowest BCUT2D eigenvalue weighted by atomic mass is 10.2. The van der Waals surface area contributed by atoms with Crippen molar-refractivity contribution < 1.29 is 4.79 Å². The summed E-state index contributed by atoms with van der Waals surface area (Å²) in [6.45, 7) is 1.84. The quantitative estimate of drug-likeness (QED) is 0.605. The van der Waals surface area contributed by atoms with Gasteiger partial charge in [0.1, 0.15) is 0 Å². The second-order valence-corrected chi connectivity index (χ2v) is 3.39. The Morgan fingerprint density at radius 2 is 2.25 bits per heavy atom. The van der Waals surface area contributed by atoms with Crippen LogP contribution in [0.25, 0.3) is 0 Å². The Kier molecular flexibility index (Phi) is 3.29. The molecule has 1 atom stereocenters. The van der Waals surface area contributed by atoms with Crippen molar-refractivity contribution in [2.45, 2.75) is 38.3 Å². The van der Waals surface area contributed by atoms with Gasteiger partial charge in [-0.15, -0.1) is 0 Å². The highest BCUT2D eigenvalue weighted by Crippen LogP contribution is 2.09. The van der Waals surface area contributed by atoms with Crippen molar-refractivity contribution in [1.29, 1.82) is 0 Å². The smallest absolute Gasteiger partial charge is 0.221 e. The minimum atomic E-state index is -0.0423. The normalized spacial score (nSPS) is 19.5. The molecule has 1 amide bonds. The lowest BCUT2D eigenvalue weighted by molar-refractivity contribution is -0.121. The molecule has 0 aromatic rings. The topological polar surface area (TPSA) is 55.1 Å². The zero-order valence-electron chi connectivity index (χ0n) is 7.42. The van der Waals surface area contributed by atoms with E-state index in [4.69, 9.17) is 5.73 Å². The van der Waals surface area contributed by atoms with Crippen LogP contribution in [0.5, 0.6) is 0 Å². The average Bonchev–Trinajstić information content (AvgIpc) is 2.37. The van der Waals surface area contributed by atoms with Gasteiger partial charge in [0.25, 0.3) is 0 Å². The molecule has 0 aromatic carbocycles. The molecule has 1 unspecified atom stereocenters. The first-order valence-electron chi connectivity index (χ1n) is 4.38. The zero-order chi connectivity index (χ0) is 8.97. The van der Waals surface area contributed by atoms with Gasteiger partial charge in [-0.3, -0.25) is 4.79 Å². The fourth-order valence-electron chi connectivity index (χ4n) is 1.31. The summed E-state index contributed by atoms with van der Waals surface area (Å²) in [6.07, 6.45) is 6.54. The van der Waals surface area contributed by atoms with Crippen LogP contribution >= 0.6 is 0 Å². The molecule has 3 nitrogen and oxygen atoms in total. The number of nitrogens with one attached hydrogen (secondary N) is 1. The maximum Gasteiger partial charge on any atom is 0.221 e. The minimum absolute atomic E-state index is 0.0423. The van der Waals surface area contributed by atoms with E-state index in [-0.39, 0.29) is 11.9 Å². The molecule has 68 valence electrons. The first-order chi connectivity index (χ1) is 5.68. The molecule has 3 heteroatoms. The Labute approximate surface area is 73.0 Å². The van der Waals surface area contributed by atoms with Gasteiger partial charge in [0.2, 0.25) is 5.91 Å². The van der Waals surface area contributed by atoms with Crippen LogP contribution in [0.1, 0.15) is 26.2 Å². The Morgan fingerprint density at radius 3 is 2.75 bits per heavy atom. The maximum absolute atomic E-state index is 11.2. The Balaban J connectivity index is 2.17. The van der Waals surface area contributed by atoms with Crippen molar-refractivity contribution in [3.63, 3.8) is 0 Å². The van der Waals surface area contributed by atoms with Crippen molar-refractivity contribution in [2.24, 2.45) is 5.73 Å². The van der Waals surface area contributed by atoms with E-state index < -0.39 is 0 Å². The first-order valence-corrected chi connectivity index (χ1v) is 4.38. The van der Waals surface area contributed by atoms with Gasteiger partial charge in [0, 0.05) is 18.5 Å². The summed E-state index contributed by atoms with van der Waals surface area (Å²) in [5, 5.41) is 2.93. The van der Waals surface area contributed by atoms with Crippen molar-refractivity contribution in [2.75, 3.05) is 0 Å². The summed E-state index contributed by atoms with van der Waals surface area (Å²) in [5.41, 5.74) is 5.49. The van der Waals surface area contributed by atoms with E-state index in [2.05, 4.69) is 17.5 Å². The average molecular weight is 168 g/mol. The molecule has 0 bridgehead atoms. The number of rotatable bonds is 3. The molecule has 0 fully saturated rings. The van der Waals surface area contributed by atoms with E-state index in [1.165, 1.54) is 0 Å². The van der Waals surface area contributed by atoms with Gasteiger partial charge in [-0.2, -0.15) is 0 Å². The van der Waals surface area contributed by atoms with Gasteiger partial charge in [-0.25, -0.2) is 0 Å². The number of carbonyl (C=O) groups excluding carboxylic acids is 1. The van der Waals surface area contributed by atoms with Gasteiger partial charge in [-0.1, -0.05) is 12.2 Å². The Morgan fingerprint density at radius 1 is 1.67 bits per heavy atom. The van der Waals surface area contributed by atoms with Crippen LogP contribution in [0.4, 0.5) is 0 Å². The van der Waals surface area contributed by atoms with Gasteiger partial charge in [0.15, 0.2) is 0 Å².